The maximum atomic E-state index is 11.2. The van der Waals surface area contributed by atoms with E-state index >= 15 is 0 Å². The first-order valence-corrected chi connectivity index (χ1v) is 15.2. The van der Waals surface area contributed by atoms with Gasteiger partial charge in [-0.3, -0.25) is 0 Å². The van der Waals surface area contributed by atoms with Crippen LogP contribution in [0.5, 0.6) is 0 Å². The molecular formula is C35H46O3. The van der Waals surface area contributed by atoms with E-state index in [-0.39, 0.29) is 22.7 Å². The molecule has 3 nitrogen and oxygen atoms in total. The molecule has 0 bridgehead atoms. The van der Waals surface area contributed by atoms with E-state index < -0.39 is 0 Å². The molecule has 38 heavy (non-hydrogen) atoms. The van der Waals surface area contributed by atoms with Crippen molar-refractivity contribution in [2.75, 3.05) is 13.2 Å². The van der Waals surface area contributed by atoms with Crippen molar-refractivity contribution in [3.63, 3.8) is 0 Å². The molecule has 204 valence electrons. The van der Waals surface area contributed by atoms with E-state index in [2.05, 4.69) is 69.9 Å². The van der Waals surface area contributed by atoms with Gasteiger partial charge in [0.1, 0.15) is 0 Å². The molecule has 4 aliphatic carbocycles. The van der Waals surface area contributed by atoms with E-state index in [0.29, 0.717) is 23.7 Å². The molecule has 1 saturated heterocycles. The van der Waals surface area contributed by atoms with E-state index in [9.17, 15) is 5.11 Å². The van der Waals surface area contributed by atoms with Crippen molar-refractivity contribution in [1.29, 1.82) is 0 Å². The van der Waals surface area contributed by atoms with Gasteiger partial charge in [0.05, 0.1) is 19.3 Å². The fourth-order valence-electron chi connectivity index (χ4n) is 8.60. The van der Waals surface area contributed by atoms with Gasteiger partial charge in [0, 0.05) is 29.7 Å². The van der Waals surface area contributed by atoms with Gasteiger partial charge in [-0.1, -0.05) is 68.9 Å². The number of benzene rings is 1. The van der Waals surface area contributed by atoms with Gasteiger partial charge in [0.25, 0.3) is 0 Å². The van der Waals surface area contributed by atoms with Crippen LogP contribution in [0.25, 0.3) is 0 Å². The second-order valence-electron chi connectivity index (χ2n) is 13.9. The van der Waals surface area contributed by atoms with Crippen molar-refractivity contribution in [1.82, 2.24) is 0 Å². The number of rotatable bonds is 2. The van der Waals surface area contributed by atoms with Crippen LogP contribution in [0.4, 0.5) is 0 Å². The normalized spacial score (nSPS) is 37.3. The molecule has 0 radical (unpaired) electrons. The summed E-state index contributed by atoms with van der Waals surface area (Å²) in [5, 5.41) is 11.2. The lowest BCUT2D eigenvalue weighted by atomic mass is 9.52. The summed E-state index contributed by atoms with van der Waals surface area (Å²) in [5.41, 5.74) is 6.03. The van der Waals surface area contributed by atoms with Gasteiger partial charge in [-0.2, -0.15) is 0 Å². The van der Waals surface area contributed by atoms with E-state index in [1.807, 2.05) is 6.08 Å². The molecule has 1 aromatic carbocycles. The summed E-state index contributed by atoms with van der Waals surface area (Å²) < 4.78 is 13.0. The lowest BCUT2D eigenvalue weighted by Gasteiger charge is -2.55. The molecule has 4 fully saturated rings. The number of hydrogen-bond acceptors (Lipinski definition) is 3. The van der Waals surface area contributed by atoms with E-state index in [1.54, 1.807) is 11.1 Å². The highest BCUT2D eigenvalue weighted by atomic mass is 16.7. The molecular weight excluding hydrogens is 468 g/mol. The van der Waals surface area contributed by atoms with Crippen molar-refractivity contribution >= 4 is 0 Å². The molecule has 6 rings (SSSR count). The van der Waals surface area contributed by atoms with Crippen molar-refractivity contribution in [2.45, 2.75) is 103 Å². The smallest absolute Gasteiger partial charge is 0.169 e. The van der Waals surface area contributed by atoms with Crippen LogP contribution in [-0.4, -0.2) is 30.2 Å². The SMILES string of the molecule is CC/C=C/C#Cc1ccc(C2CC3(C)C(O)CCC3C3CCC4CC5(CCC4=C23)OCC(C)(C)CO5)cc1. The Hall–Kier alpha value is -1.86. The Morgan fingerprint density at radius 3 is 2.50 bits per heavy atom. The van der Waals surface area contributed by atoms with Crippen LogP contribution in [-0.2, 0) is 9.47 Å². The number of ether oxygens (including phenoxy) is 2. The fourth-order valence-corrected chi connectivity index (χ4v) is 8.60. The lowest BCUT2D eigenvalue weighted by molar-refractivity contribution is -0.312. The molecule has 1 aliphatic heterocycles. The molecule has 5 aliphatic rings. The molecule has 6 unspecified atom stereocenters. The number of fused-ring (bicyclic) bond motifs is 4. The Bertz CT molecular complexity index is 1150. The molecule has 3 heteroatoms. The maximum Gasteiger partial charge on any atom is 0.169 e. The lowest BCUT2D eigenvalue weighted by Crippen LogP contribution is -2.52. The highest BCUT2D eigenvalue weighted by molar-refractivity contribution is 5.44. The van der Waals surface area contributed by atoms with E-state index in [1.165, 1.54) is 24.8 Å². The van der Waals surface area contributed by atoms with Crippen molar-refractivity contribution in [3.05, 3.63) is 58.7 Å². The van der Waals surface area contributed by atoms with Gasteiger partial charge >= 0.3 is 0 Å². The van der Waals surface area contributed by atoms with Crippen LogP contribution >= 0.6 is 0 Å². The first-order valence-electron chi connectivity index (χ1n) is 15.2. The quantitative estimate of drug-likeness (QED) is 0.327. The zero-order valence-corrected chi connectivity index (χ0v) is 23.9. The molecule has 6 atom stereocenters. The largest absolute Gasteiger partial charge is 0.393 e. The minimum Gasteiger partial charge on any atom is -0.393 e. The van der Waals surface area contributed by atoms with E-state index in [0.717, 1.165) is 57.3 Å². The Balaban J connectivity index is 1.33. The standard InChI is InChI=1S/C35H46O3/c1-5-6-7-8-9-24-10-12-25(13-11-24)29-21-34(4)30(16-17-31(34)36)28-15-14-26-20-35(19-18-27(26)32(28)29)37-22-33(2,3)23-38-35/h6-7,10-13,26,28-31,36H,5,14-23H2,1-4H3/b7-6+. The third-order valence-corrected chi connectivity index (χ3v) is 10.7. The first-order chi connectivity index (χ1) is 18.2. The molecule has 1 spiro atoms. The predicted molar refractivity (Wildman–Crippen MR) is 152 cm³/mol. The van der Waals surface area contributed by atoms with Crippen LogP contribution in [0.2, 0.25) is 0 Å². The van der Waals surface area contributed by atoms with Gasteiger partial charge < -0.3 is 14.6 Å². The summed E-state index contributed by atoms with van der Waals surface area (Å²) in [4.78, 5) is 0. The van der Waals surface area contributed by atoms with Gasteiger partial charge in [-0.25, -0.2) is 0 Å². The van der Waals surface area contributed by atoms with Gasteiger partial charge in [-0.05, 0) is 91.9 Å². The predicted octanol–water partition coefficient (Wildman–Crippen LogP) is 7.54. The van der Waals surface area contributed by atoms with Crippen LogP contribution in [0.3, 0.4) is 0 Å². The number of hydrogen-bond donors (Lipinski definition) is 1. The average molecular weight is 515 g/mol. The maximum absolute atomic E-state index is 11.2. The van der Waals surface area contributed by atoms with Crippen LogP contribution < -0.4 is 0 Å². The van der Waals surface area contributed by atoms with Crippen molar-refractivity contribution < 1.29 is 14.6 Å². The average Bonchev–Trinajstić information content (AvgIpc) is 3.22. The Morgan fingerprint density at radius 1 is 1.00 bits per heavy atom. The fraction of sp³-hybridized carbons (Fsp3) is 0.657. The second-order valence-corrected chi connectivity index (χ2v) is 13.9. The number of allylic oxidation sites excluding steroid dienone is 4. The van der Waals surface area contributed by atoms with Gasteiger partial charge in [0.2, 0.25) is 0 Å². The van der Waals surface area contributed by atoms with Crippen LogP contribution in [0.15, 0.2) is 47.6 Å². The number of aliphatic hydroxyl groups is 1. The summed E-state index contributed by atoms with van der Waals surface area (Å²) >= 11 is 0. The van der Waals surface area contributed by atoms with Gasteiger partial charge in [-0.15, -0.1) is 0 Å². The molecule has 1 N–H and O–H groups in total. The Kier molecular flexibility index (Phi) is 6.91. The van der Waals surface area contributed by atoms with Gasteiger partial charge in [0.15, 0.2) is 5.79 Å². The Morgan fingerprint density at radius 2 is 1.76 bits per heavy atom. The third-order valence-electron chi connectivity index (χ3n) is 10.7. The zero-order chi connectivity index (χ0) is 26.5. The molecule has 0 aromatic heterocycles. The Labute approximate surface area is 230 Å². The van der Waals surface area contributed by atoms with Crippen molar-refractivity contribution in [3.8, 4) is 11.8 Å². The van der Waals surface area contributed by atoms with E-state index in [4.69, 9.17) is 9.47 Å². The summed E-state index contributed by atoms with van der Waals surface area (Å²) in [6.07, 6.45) is 13.6. The highest BCUT2D eigenvalue weighted by Gasteiger charge is 2.57. The summed E-state index contributed by atoms with van der Waals surface area (Å²) in [6, 6.07) is 9.03. The monoisotopic (exact) mass is 514 g/mol. The van der Waals surface area contributed by atoms with Crippen LogP contribution in [0.1, 0.15) is 103 Å². The highest BCUT2D eigenvalue weighted by Crippen LogP contribution is 2.64. The zero-order valence-electron chi connectivity index (χ0n) is 23.9. The molecule has 1 heterocycles. The first kappa shape index (κ1) is 26.4. The topological polar surface area (TPSA) is 38.7 Å². The van der Waals surface area contributed by atoms with Crippen molar-refractivity contribution in [2.24, 2.45) is 28.6 Å². The third kappa shape index (κ3) is 4.61. The summed E-state index contributed by atoms with van der Waals surface area (Å²) in [6.45, 7) is 10.6. The number of aliphatic hydroxyl groups excluding tert-OH is 1. The minimum absolute atomic E-state index is 0.00667. The summed E-state index contributed by atoms with van der Waals surface area (Å²) in [5.74, 6) is 8.21. The molecule has 1 aromatic rings. The minimum atomic E-state index is -0.383. The summed E-state index contributed by atoms with van der Waals surface area (Å²) in [7, 11) is 0. The second kappa shape index (κ2) is 9.96. The van der Waals surface area contributed by atoms with Crippen LogP contribution in [0, 0.1) is 40.4 Å². The molecule has 0 amide bonds. The molecule has 3 saturated carbocycles.